The Kier molecular flexibility index (Phi) is 4.79. The molecule has 1 aromatic carbocycles. The zero-order chi connectivity index (χ0) is 18.0. The molecule has 0 bridgehead atoms. The number of aromatic nitrogens is 2. The summed E-state index contributed by atoms with van der Waals surface area (Å²) in [4.78, 5) is 27.7. The summed E-state index contributed by atoms with van der Waals surface area (Å²) in [5.41, 5.74) is 5.00. The standard InChI is InChI=1S/C16H17N3O6/c17-11-6-7-19(16(23)18-11)14-12(21)13(10(8-20)24-14)25-15(22)9-4-2-1-3-5-9/h1-7,10,12-14,20-21H,8H2,(H2,17,18,23)/t10-,12+,13-,14-/m1/s1. The molecule has 4 atom stereocenters. The second-order valence-corrected chi connectivity index (χ2v) is 5.52. The second kappa shape index (κ2) is 7.01. The quantitative estimate of drug-likeness (QED) is 0.618. The van der Waals surface area contributed by atoms with Crippen LogP contribution in [0.3, 0.4) is 0 Å². The van der Waals surface area contributed by atoms with Crippen LogP contribution >= 0.6 is 0 Å². The molecule has 0 saturated carbocycles. The first-order valence-corrected chi connectivity index (χ1v) is 7.56. The predicted molar refractivity (Wildman–Crippen MR) is 85.6 cm³/mol. The maximum absolute atomic E-state index is 12.2. The van der Waals surface area contributed by atoms with Gasteiger partial charge in [0.15, 0.2) is 12.3 Å². The third-order valence-corrected chi connectivity index (χ3v) is 3.87. The van der Waals surface area contributed by atoms with Crippen LogP contribution in [-0.4, -0.2) is 50.7 Å². The monoisotopic (exact) mass is 347 g/mol. The number of nitrogens with two attached hydrogens (primary N) is 1. The number of carbonyl (C=O) groups is 1. The van der Waals surface area contributed by atoms with Gasteiger partial charge in [-0.15, -0.1) is 0 Å². The Morgan fingerprint density at radius 2 is 2.04 bits per heavy atom. The lowest BCUT2D eigenvalue weighted by atomic mass is 10.1. The lowest BCUT2D eigenvalue weighted by Crippen LogP contribution is -2.39. The smallest absolute Gasteiger partial charge is 0.351 e. The molecule has 1 aromatic heterocycles. The van der Waals surface area contributed by atoms with E-state index < -0.39 is 42.8 Å². The SMILES string of the molecule is Nc1ccn([C@@H]2O[C@H](CO)[C@@H](OC(=O)c3ccccc3)[C@@H]2O)c(=O)n1. The molecule has 3 rings (SSSR count). The number of aliphatic hydroxyl groups excluding tert-OH is 2. The van der Waals surface area contributed by atoms with Crippen LogP contribution in [0.4, 0.5) is 5.82 Å². The first-order chi connectivity index (χ1) is 12.0. The van der Waals surface area contributed by atoms with Crippen molar-refractivity contribution in [2.45, 2.75) is 24.5 Å². The van der Waals surface area contributed by atoms with E-state index in [0.29, 0.717) is 5.56 Å². The number of ether oxygens (including phenoxy) is 2. The zero-order valence-corrected chi connectivity index (χ0v) is 13.1. The van der Waals surface area contributed by atoms with Gasteiger partial charge in [0, 0.05) is 6.20 Å². The number of nitrogens with zero attached hydrogens (tertiary/aromatic N) is 2. The van der Waals surface area contributed by atoms with E-state index in [-0.39, 0.29) is 5.82 Å². The number of nitrogen functional groups attached to an aromatic ring is 1. The van der Waals surface area contributed by atoms with Gasteiger partial charge in [0.25, 0.3) is 0 Å². The van der Waals surface area contributed by atoms with E-state index in [4.69, 9.17) is 15.2 Å². The molecule has 0 spiro atoms. The molecule has 1 aliphatic heterocycles. The van der Waals surface area contributed by atoms with Crippen molar-refractivity contribution in [1.29, 1.82) is 0 Å². The summed E-state index contributed by atoms with van der Waals surface area (Å²) in [5, 5.41) is 19.9. The van der Waals surface area contributed by atoms with Crippen LogP contribution in [0.1, 0.15) is 16.6 Å². The number of hydrogen-bond donors (Lipinski definition) is 3. The number of hydrogen-bond acceptors (Lipinski definition) is 8. The third-order valence-electron chi connectivity index (χ3n) is 3.87. The summed E-state index contributed by atoms with van der Waals surface area (Å²) < 4.78 is 11.8. The molecule has 0 aliphatic carbocycles. The van der Waals surface area contributed by atoms with Gasteiger partial charge in [0.1, 0.15) is 18.0 Å². The van der Waals surface area contributed by atoms with E-state index in [0.717, 1.165) is 4.57 Å². The van der Waals surface area contributed by atoms with E-state index in [1.807, 2.05) is 0 Å². The van der Waals surface area contributed by atoms with E-state index in [2.05, 4.69) is 4.98 Å². The fraction of sp³-hybridized carbons (Fsp3) is 0.312. The Bertz CT molecular complexity index is 809. The van der Waals surface area contributed by atoms with Crippen LogP contribution in [0.25, 0.3) is 0 Å². The van der Waals surface area contributed by atoms with E-state index in [1.54, 1.807) is 30.3 Å². The van der Waals surface area contributed by atoms with Crippen molar-refractivity contribution in [3.05, 3.63) is 58.6 Å². The Morgan fingerprint density at radius 3 is 2.68 bits per heavy atom. The fourth-order valence-electron chi connectivity index (χ4n) is 2.63. The van der Waals surface area contributed by atoms with Gasteiger partial charge < -0.3 is 25.4 Å². The van der Waals surface area contributed by atoms with Crippen molar-refractivity contribution in [2.24, 2.45) is 0 Å². The molecule has 1 aliphatic rings. The van der Waals surface area contributed by atoms with Crippen molar-refractivity contribution < 1.29 is 24.5 Å². The number of carbonyl (C=O) groups excluding carboxylic acids is 1. The summed E-state index contributed by atoms with van der Waals surface area (Å²) in [6, 6.07) is 9.58. The Hall–Kier alpha value is -2.75. The number of esters is 1. The van der Waals surface area contributed by atoms with Crippen molar-refractivity contribution in [3.63, 3.8) is 0 Å². The lowest BCUT2D eigenvalue weighted by Gasteiger charge is -2.20. The maximum Gasteiger partial charge on any atom is 0.351 e. The molecule has 25 heavy (non-hydrogen) atoms. The number of rotatable bonds is 4. The summed E-state index contributed by atoms with van der Waals surface area (Å²) in [5.74, 6) is -0.644. The predicted octanol–water partition coefficient (Wildman–Crippen LogP) is -0.698. The van der Waals surface area contributed by atoms with Gasteiger partial charge in [-0.3, -0.25) is 4.57 Å². The summed E-state index contributed by atoms with van der Waals surface area (Å²) in [6.45, 7) is -0.503. The molecule has 1 fully saturated rings. The molecular weight excluding hydrogens is 330 g/mol. The lowest BCUT2D eigenvalue weighted by molar-refractivity contribution is -0.0563. The van der Waals surface area contributed by atoms with E-state index >= 15 is 0 Å². The van der Waals surface area contributed by atoms with Crippen LogP contribution in [-0.2, 0) is 9.47 Å². The largest absolute Gasteiger partial charge is 0.453 e. The molecule has 2 aromatic rings. The topological polar surface area (TPSA) is 137 Å². The Morgan fingerprint density at radius 1 is 1.32 bits per heavy atom. The highest BCUT2D eigenvalue weighted by Gasteiger charge is 2.47. The molecule has 0 radical (unpaired) electrons. The van der Waals surface area contributed by atoms with E-state index in [1.165, 1.54) is 12.3 Å². The van der Waals surface area contributed by atoms with Crippen LogP contribution in [0.2, 0.25) is 0 Å². The molecule has 9 heteroatoms. The van der Waals surface area contributed by atoms with Crippen LogP contribution < -0.4 is 11.4 Å². The van der Waals surface area contributed by atoms with Crippen molar-refractivity contribution in [2.75, 3.05) is 12.3 Å². The summed E-state index contributed by atoms with van der Waals surface area (Å²) >= 11 is 0. The number of benzene rings is 1. The van der Waals surface area contributed by atoms with Gasteiger partial charge in [-0.25, -0.2) is 9.59 Å². The minimum absolute atomic E-state index is 0.0273. The van der Waals surface area contributed by atoms with Crippen LogP contribution in [0.5, 0.6) is 0 Å². The van der Waals surface area contributed by atoms with Crippen molar-refractivity contribution >= 4 is 11.8 Å². The normalized spacial score (nSPS) is 25.7. The van der Waals surface area contributed by atoms with Gasteiger partial charge in [-0.2, -0.15) is 4.98 Å². The molecule has 2 heterocycles. The Labute approximate surface area is 142 Å². The molecule has 0 unspecified atom stereocenters. The van der Waals surface area contributed by atoms with Crippen LogP contribution in [0.15, 0.2) is 47.4 Å². The highest BCUT2D eigenvalue weighted by atomic mass is 16.6. The van der Waals surface area contributed by atoms with Gasteiger partial charge >= 0.3 is 11.7 Å². The van der Waals surface area contributed by atoms with Crippen molar-refractivity contribution in [1.82, 2.24) is 9.55 Å². The average molecular weight is 347 g/mol. The zero-order valence-electron chi connectivity index (χ0n) is 13.1. The summed E-state index contributed by atoms with van der Waals surface area (Å²) in [7, 11) is 0. The summed E-state index contributed by atoms with van der Waals surface area (Å²) in [6.07, 6.45) is -3.35. The minimum atomic E-state index is -1.37. The number of aliphatic hydroxyl groups is 2. The third kappa shape index (κ3) is 3.38. The maximum atomic E-state index is 12.2. The van der Waals surface area contributed by atoms with Crippen molar-refractivity contribution in [3.8, 4) is 0 Å². The molecule has 132 valence electrons. The highest BCUT2D eigenvalue weighted by molar-refractivity contribution is 5.89. The van der Waals surface area contributed by atoms with Gasteiger partial charge in [0.2, 0.25) is 0 Å². The fourth-order valence-corrected chi connectivity index (χ4v) is 2.63. The van der Waals surface area contributed by atoms with Crippen LogP contribution in [0, 0.1) is 0 Å². The first kappa shape index (κ1) is 17.1. The first-order valence-electron chi connectivity index (χ1n) is 7.56. The molecule has 0 amide bonds. The number of anilines is 1. The molecule has 4 N–H and O–H groups in total. The second-order valence-electron chi connectivity index (χ2n) is 5.52. The van der Waals surface area contributed by atoms with E-state index in [9.17, 15) is 19.8 Å². The molecule has 9 nitrogen and oxygen atoms in total. The van der Waals surface area contributed by atoms with Gasteiger partial charge in [-0.05, 0) is 18.2 Å². The minimum Gasteiger partial charge on any atom is -0.453 e. The highest BCUT2D eigenvalue weighted by Crippen LogP contribution is 2.31. The van der Waals surface area contributed by atoms with Gasteiger partial charge in [-0.1, -0.05) is 18.2 Å². The molecular formula is C16H17N3O6. The molecule has 1 saturated heterocycles. The van der Waals surface area contributed by atoms with Gasteiger partial charge in [0.05, 0.1) is 12.2 Å². The average Bonchev–Trinajstić information content (AvgIpc) is 2.92. The Balaban J connectivity index is 1.82.